The zero-order valence-electron chi connectivity index (χ0n) is 11.4. The Bertz CT molecular complexity index is 347. The smallest absolute Gasteiger partial charge is 0.243 e. The molecule has 5 heteroatoms. The summed E-state index contributed by atoms with van der Waals surface area (Å²) in [6.07, 6.45) is 6.33. The molecule has 0 saturated carbocycles. The summed E-state index contributed by atoms with van der Waals surface area (Å²) < 4.78 is 0. The molecule has 3 rings (SSSR count). The number of nitrogens with one attached hydrogen (secondary N) is 1. The zero-order chi connectivity index (χ0) is 13.1. The standard InChI is InChI=1S/C14H23N3OS/c18-14(13-2-1-5-15-13)17-6-3-12(4-7-17)16-8-10-19-11-9-16/h1-2,12-13,15H,3-11H2/t13-/m1/s1. The number of hydrogen-bond acceptors (Lipinski definition) is 4. The molecule has 2 saturated heterocycles. The van der Waals surface area contributed by atoms with Crippen molar-refractivity contribution in [3.63, 3.8) is 0 Å². The number of carbonyl (C=O) groups excluding carboxylic acids is 1. The van der Waals surface area contributed by atoms with Crippen LogP contribution < -0.4 is 5.32 Å². The second kappa shape index (κ2) is 6.29. The van der Waals surface area contributed by atoms with E-state index in [-0.39, 0.29) is 11.9 Å². The average Bonchev–Trinajstić information content (AvgIpc) is 3.02. The van der Waals surface area contributed by atoms with Crippen molar-refractivity contribution < 1.29 is 4.79 Å². The van der Waals surface area contributed by atoms with E-state index < -0.39 is 0 Å². The van der Waals surface area contributed by atoms with Crippen LogP contribution in [0.5, 0.6) is 0 Å². The summed E-state index contributed by atoms with van der Waals surface area (Å²) in [6, 6.07) is 0.639. The monoisotopic (exact) mass is 281 g/mol. The van der Waals surface area contributed by atoms with Crippen molar-refractivity contribution in [2.24, 2.45) is 0 Å². The van der Waals surface area contributed by atoms with Crippen molar-refractivity contribution in [2.75, 3.05) is 44.2 Å². The molecule has 0 aromatic carbocycles. The normalized spacial score (nSPS) is 29.9. The molecule has 3 aliphatic heterocycles. The Balaban J connectivity index is 1.48. The summed E-state index contributed by atoms with van der Waals surface area (Å²) in [5, 5.41) is 3.21. The van der Waals surface area contributed by atoms with Crippen molar-refractivity contribution in [3.8, 4) is 0 Å². The van der Waals surface area contributed by atoms with Gasteiger partial charge in [0.2, 0.25) is 5.91 Å². The number of likely N-dealkylation sites (tertiary alicyclic amines) is 1. The number of rotatable bonds is 2. The molecule has 0 radical (unpaired) electrons. The molecule has 0 aromatic rings. The molecule has 3 heterocycles. The SMILES string of the molecule is O=C([C@H]1C=CCN1)N1CCC(N2CCSCC2)CC1. The molecule has 2 fully saturated rings. The van der Waals surface area contributed by atoms with E-state index in [4.69, 9.17) is 0 Å². The Labute approximate surface area is 119 Å². The molecule has 1 atom stereocenters. The fourth-order valence-corrected chi connectivity index (χ4v) is 4.16. The molecular weight excluding hydrogens is 258 g/mol. The van der Waals surface area contributed by atoms with Crippen LogP contribution in [0.2, 0.25) is 0 Å². The first-order valence-electron chi connectivity index (χ1n) is 7.35. The van der Waals surface area contributed by atoms with E-state index in [1.807, 2.05) is 17.1 Å². The molecule has 3 aliphatic rings. The molecule has 4 nitrogen and oxygen atoms in total. The Morgan fingerprint density at radius 1 is 1.16 bits per heavy atom. The van der Waals surface area contributed by atoms with Crippen LogP contribution in [0, 0.1) is 0 Å². The van der Waals surface area contributed by atoms with Gasteiger partial charge in [0, 0.05) is 50.3 Å². The maximum Gasteiger partial charge on any atom is 0.243 e. The molecule has 0 spiro atoms. The predicted octanol–water partition coefficient (Wildman–Crippen LogP) is 0.554. The minimum absolute atomic E-state index is 0.0667. The quantitative estimate of drug-likeness (QED) is 0.750. The molecule has 106 valence electrons. The van der Waals surface area contributed by atoms with Gasteiger partial charge in [0.15, 0.2) is 0 Å². The van der Waals surface area contributed by atoms with Crippen LogP contribution in [0.4, 0.5) is 0 Å². The number of hydrogen-bond donors (Lipinski definition) is 1. The van der Waals surface area contributed by atoms with E-state index in [1.165, 1.54) is 24.6 Å². The number of amides is 1. The van der Waals surface area contributed by atoms with Crippen molar-refractivity contribution in [2.45, 2.75) is 24.9 Å². The van der Waals surface area contributed by atoms with Gasteiger partial charge in [-0.1, -0.05) is 12.2 Å². The summed E-state index contributed by atoms with van der Waals surface area (Å²) in [5.41, 5.74) is 0. The van der Waals surface area contributed by atoms with Crippen LogP contribution in [-0.4, -0.2) is 72.0 Å². The highest BCUT2D eigenvalue weighted by Gasteiger charge is 2.30. The molecular formula is C14H23N3OS. The Morgan fingerprint density at radius 2 is 1.89 bits per heavy atom. The van der Waals surface area contributed by atoms with Crippen LogP contribution in [0.15, 0.2) is 12.2 Å². The van der Waals surface area contributed by atoms with Gasteiger partial charge >= 0.3 is 0 Å². The van der Waals surface area contributed by atoms with Crippen molar-refractivity contribution in [1.29, 1.82) is 0 Å². The Morgan fingerprint density at radius 3 is 2.53 bits per heavy atom. The van der Waals surface area contributed by atoms with Crippen molar-refractivity contribution >= 4 is 17.7 Å². The maximum atomic E-state index is 12.3. The highest BCUT2D eigenvalue weighted by atomic mass is 32.2. The number of nitrogens with zero attached hydrogens (tertiary/aromatic N) is 2. The fourth-order valence-electron chi connectivity index (χ4n) is 3.23. The number of piperidine rings is 1. The van der Waals surface area contributed by atoms with Crippen LogP contribution in [0.1, 0.15) is 12.8 Å². The molecule has 0 aromatic heterocycles. The van der Waals surface area contributed by atoms with Gasteiger partial charge < -0.3 is 4.90 Å². The van der Waals surface area contributed by atoms with Gasteiger partial charge in [-0.15, -0.1) is 0 Å². The van der Waals surface area contributed by atoms with E-state index in [9.17, 15) is 4.79 Å². The van der Waals surface area contributed by atoms with Gasteiger partial charge in [-0.2, -0.15) is 11.8 Å². The highest BCUT2D eigenvalue weighted by molar-refractivity contribution is 7.99. The zero-order valence-corrected chi connectivity index (χ0v) is 12.2. The molecule has 19 heavy (non-hydrogen) atoms. The van der Waals surface area contributed by atoms with Crippen LogP contribution in [0.3, 0.4) is 0 Å². The number of thioether (sulfide) groups is 1. The van der Waals surface area contributed by atoms with Crippen LogP contribution in [-0.2, 0) is 4.79 Å². The van der Waals surface area contributed by atoms with Crippen LogP contribution in [0.25, 0.3) is 0 Å². The summed E-state index contributed by atoms with van der Waals surface area (Å²) in [5.74, 6) is 2.81. The highest BCUT2D eigenvalue weighted by Crippen LogP contribution is 2.21. The summed E-state index contributed by atoms with van der Waals surface area (Å²) in [6.45, 7) is 5.16. The second-order valence-corrected chi connectivity index (χ2v) is 6.74. The first-order valence-corrected chi connectivity index (χ1v) is 8.51. The van der Waals surface area contributed by atoms with E-state index in [0.29, 0.717) is 6.04 Å². The molecule has 0 bridgehead atoms. The lowest BCUT2D eigenvalue weighted by molar-refractivity contribution is -0.133. The minimum atomic E-state index is -0.0667. The molecule has 0 unspecified atom stereocenters. The molecule has 1 amide bonds. The third-order valence-electron chi connectivity index (χ3n) is 4.39. The lowest BCUT2D eigenvalue weighted by Gasteiger charge is -2.40. The van der Waals surface area contributed by atoms with E-state index in [1.54, 1.807) is 0 Å². The first kappa shape index (κ1) is 13.5. The summed E-state index contributed by atoms with van der Waals surface area (Å²) in [7, 11) is 0. The average molecular weight is 281 g/mol. The topological polar surface area (TPSA) is 35.6 Å². The van der Waals surface area contributed by atoms with Gasteiger partial charge in [-0.05, 0) is 12.8 Å². The Hall–Kier alpha value is -0.520. The Kier molecular flexibility index (Phi) is 4.45. The lowest BCUT2D eigenvalue weighted by atomic mass is 10.0. The van der Waals surface area contributed by atoms with Gasteiger partial charge in [0.25, 0.3) is 0 Å². The van der Waals surface area contributed by atoms with E-state index in [2.05, 4.69) is 22.0 Å². The molecule has 1 N–H and O–H groups in total. The lowest BCUT2D eigenvalue weighted by Crippen LogP contribution is -2.52. The van der Waals surface area contributed by atoms with Gasteiger partial charge in [-0.25, -0.2) is 0 Å². The van der Waals surface area contributed by atoms with Gasteiger partial charge in [0.05, 0.1) is 0 Å². The third-order valence-corrected chi connectivity index (χ3v) is 5.33. The minimum Gasteiger partial charge on any atom is -0.341 e. The van der Waals surface area contributed by atoms with Gasteiger partial charge in [0.1, 0.15) is 6.04 Å². The largest absolute Gasteiger partial charge is 0.341 e. The summed E-state index contributed by atoms with van der Waals surface area (Å²) in [4.78, 5) is 17.0. The predicted molar refractivity (Wildman–Crippen MR) is 79.4 cm³/mol. The first-order chi connectivity index (χ1) is 9.34. The van der Waals surface area contributed by atoms with Crippen molar-refractivity contribution in [3.05, 3.63) is 12.2 Å². The third kappa shape index (κ3) is 3.15. The van der Waals surface area contributed by atoms with Crippen LogP contribution >= 0.6 is 11.8 Å². The van der Waals surface area contributed by atoms with E-state index >= 15 is 0 Å². The maximum absolute atomic E-state index is 12.3. The number of carbonyl (C=O) groups is 1. The van der Waals surface area contributed by atoms with E-state index in [0.717, 1.165) is 32.5 Å². The van der Waals surface area contributed by atoms with Crippen molar-refractivity contribution in [1.82, 2.24) is 15.1 Å². The second-order valence-electron chi connectivity index (χ2n) is 5.52. The molecule has 0 aliphatic carbocycles. The summed E-state index contributed by atoms with van der Waals surface area (Å²) >= 11 is 2.06. The fraction of sp³-hybridized carbons (Fsp3) is 0.786. The van der Waals surface area contributed by atoms with Gasteiger partial charge in [-0.3, -0.25) is 15.0 Å².